The fourth-order valence-corrected chi connectivity index (χ4v) is 10.0. The summed E-state index contributed by atoms with van der Waals surface area (Å²) >= 11 is 0. The number of nitrogens with zero attached hydrogens (tertiary/aromatic N) is 2. The summed E-state index contributed by atoms with van der Waals surface area (Å²) in [6.07, 6.45) is 0. The van der Waals surface area contributed by atoms with Gasteiger partial charge in [0.15, 0.2) is 0 Å². The zero-order valence-electron chi connectivity index (χ0n) is 29.2. The minimum atomic E-state index is 1.17. The van der Waals surface area contributed by atoms with Crippen molar-refractivity contribution in [1.29, 1.82) is 0 Å². The molecule has 0 fully saturated rings. The molecule has 1 aliphatic rings. The van der Waals surface area contributed by atoms with Crippen LogP contribution in [0.4, 0.5) is 0 Å². The van der Waals surface area contributed by atoms with Crippen LogP contribution in [0.3, 0.4) is 0 Å². The third kappa shape index (κ3) is 3.50. The van der Waals surface area contributed by atoms with Crippen LogP contribution in [0.15, 0.2) is 182 Å². The van der Waals surface area contributed by atoms with Crippen molar-refractivity contribution < 1.29 is 0 Å². The maximum absolute atomic E-state index is 2.56. The van der Waals surface area contributed by atoms with E-state index in [9.17, 15) is 0 Å². The van der Waals surface area contributed by atoms with Crippen molar-refractivity contribution in [2.75, 3.05) is 0 Å². The van der Waals surface area contributed by atoms with Crippen molar-refractivity contribution in [1.82, 2.24) is 9.13 Å². The number of hydrogen-bond acceptors (Lipinski definition) is 0. The van der Waals surface area contributed by atoms with Gasteiger partial charge in [-0.15, -0.1) is 0 Å². The number of benzene rings is 10. The van der Waals surface area contributed by atoms with E-state index in [-0.39, 0.29) is 0 Å². The molecule has 2 heterocycles. The van der Waals surface area contributed by atoms with E-state index in [1.165, 1.54) is 120 Å². The van der Waals surface area contributed by atoms with E-state index >= 15 is 0 Å². The molecule has 2 heteroatoms. The summed E-state index contributed by atoms with van der Waals surface area (Å²) < 4.78 is 5.11. The van der Waals surface area contributed by atoms with Crippen LogP contribution in [0.25, 0.3) is 120 Å². The lowest BCUT2D eigenvalue weighted by molar-refractivity contribution is 1.19. The Labute approximate surface area is 310 Å². The quantitative estimate of drug-likeness (QED) is 0.164. The highest BCUT2D eigenvalue weighted by molar-refractivity contribution is 6.45. The van der Waals surface area contributed by atoms with Gasteiger partial charge in [0.25, 0.3) is 0 Å². The second kappa shape index (κ2) is 10.2. The predicted molar refractivity (Wildman–Crippen MR) is 230 cm³/mol. The van der Waals surface area contributed by atoms with Crippen molar-refractivity contribution in [2.45, 2.75) is 0 Å². The fourth-order valence-electron chi connectivity index (χ4n) is 10.0. The number of rotatable bonds is 3. The standard InChI is InChI=1S/C52H30N2/c1-3-14-31(15-4-1)34-28-41-46-37-22-10-8-17-33(37)29-45-50(46)49-43(54(45)42-25-13-18-32-16-7-9-21-36(32)42)27-26-39-38-23-11-12-24-40(38)52-51(48(39)49)47(41)44(30-34)53(52)35-19-5-2-6-20-35/h1-30H. The van der Waals surface area contributed by atoms with Gasteiger partial charge >= 0.3 is 0 Å². The molecule has 0 saturated carbocycles. The van der Waals surface area contributed by atoms with Gasteiger partial charge in [-0.3, -0.25) is 0 Å². The Hall–Kier alpha value is -7.16. The molecule has 0 N–H and O–H groups in total. The first-order valence-corrected chi connectivity index (χ1v) is 18.8. The van der Waals surface area contributed by atoms with Gasteiger partial charge in [0, 0.05) is 49.0 Å². The number of aromatic nitrogens is 2. The van der Waals surface area contributed by atoms with Crippen molar-refractivity contribution in [3.8, 4) is 33.6 Å². The van der Waals surface area contributed by atoms with E-state index in [0.717, 1.165) is 0 Å². The lowest BCUT2D eigenvalue weighted by atomic mass is 9.90. The molecular weight excluding hydrogens is 653 g/mol. The van der Waals surface area contributed by atoms with E-state index in [1.54, 1.807) is 0 Å². The smallest absolute Gasteiger partial charge is 0.0626 e. The van der Waals surface area contributed by atoms with Crippen LogP contribution in [0.2, 0.25) is 0 Å². The highest BCUT2D eigenvalue weighted by Gasteiger charge is 2.31. The van der Waals surface area contributed by atoms with E-state index in [1.807, 2.05) is 0 Å². The number of hydrogen-bond donors (Lipinski definition) is 0. The molecule has 2 nitrogen and oxygen atoms in total. The molecule has 12 aromatic rings. The lowest BCUT2D eigenvalue weighted by Crippen LogP contribution is -1.96. The zero-order chi connectivity index (χ0) is 35.1. The first-order chi connectivity index (χ1) is 26.8. The van der Waals surface area contributed by atoms with Gasteiger partial charge in [0.05, 0.1) is 27.8 Å². The summed E-state index contributed by atoms with van der Waals surface area (Å²) in [6, 6.07) is 67.7. The van der Waals surface area contributed by atoms with Crippen molar-refractivity contribution >= 4 is 86.7 Å². The maximum Gasteiger partial charge on any atom is 0.0626 e. The molecule has 0 radical (unpaired) electrons. The monoisotopic (exact) mass is 682 g/mol. The molecule has 0 saturated heterocycles. The second-order valence-electron chi connectivity index (χ2n) is 14.8. The van der Waals surface area contributed by atoms with Gasteiger partial charge in [-0.1, -0.05) is 140 Å². The van der Waals surface area contributed by atoms with Gasteiger partial charge in [-0.05, 0) is 86.1 Å². The molecule has 1 aliphatic carbocycles. The summed E-state index contributed by atoms with van der Waals surface area (Å²) in [5, 5.41) is 15.5. The first kappa shape index (κ1) is 28.4. The summed E-state index contributed by atoms with van der Waals surface area (Å²) in [4.78, 5) is 0. The summed E-state index contributed by atoms with van der Waals surface area (Å²) in [6.45, 7) is 0. The van der Waals surface area contributed by atoms with Crippen LogP contribution < -0.4 is 0 Å². The van der Waals surface area contributed by atoms with Gasteiger partial charge in [-0.2, -0.15) is 0 Å². The largest absolute Gasteiger partial charge is 0.309 e. The lowest BCUT2D eigenvalue weighted by Gasteiger charge is -2.16. The fraction of sp³-hybridized carbons (Fsp3) is 0. The van der Waals surface area contributed by atoms with Crippen molar-refractivity contribution in [3.05, 3.63) is 182 Å². The van der Waals surface area contributed by atoms with Crippen LogP contribution in [0, 0.1) is 0 Å². The number of para-hydroxylation sites is 1. The maximum atomic E-state index is 2.56. The molecule has 0 atom stereocenters. The Kier molecular flexibility index (Phi) is 5.39. The highest BCUT2D eigenvalue weighted by atomic mass is 15.0. The van der Waals surface area contributed by atoms with Crippen molar-refractivity contribution in [2.24, 2.45) is 0 Å². The Morgan fingerprint density at radius 1 is 0.315 bits per heavy atom. The molecular formula is C52H30N2. The van der Waals surface area contributed by atoms with Gasteiger partial charge in [0.1, 0.15) is 0 Å². The molecule has 2 aromatic heterocycles. The van der Waals surface area contributed by atoms with Crippen LogP contribution in [0.1, 0.15) is 0 Å². The van der Waals surface area contributed by atoms with E-state index in [2.05, 4.69) is 191 Å². The Morgan fingerprint density at radius 3 is 1.81 bits per heavy atom. The molecule has 0 amide bonds. The van der Waals surface area contributed by atoms with Crippen molar-refractivity contribution in [3.63, 3.8) is 0 Å². The average Bonchev–Trinajstić information content (AvgIpc) is 3.71. The van der Waals surface area contributed by atoms with Crippen LogP contribution in [-0.2, 0) is 0 Å². The third-order valence-electron chi connectivity index (χ3n) is 12.1. The second-order valence-corrected chi connectivity index (χ2v) is 14.8. The molecule has 0 aliphatic heterocycles. The molecule has 0 unspecified atom stereocenters. The molecule has 0 bridgehead atoms. The predicted octanol–water partition coefficient (Wildman–Crippen LogP) is 14.1. The topological polar surface area (TPSA) is 9.86 Å². The Morgan fingerprint density at radius 2 is 0.981 bits per heavy atom. The number of fused-ring (bicyclic) bond motifs is 7. The summed E-state index contributed by atoms with van der Waals surface area (Å²) in [7, 11) is 0. The highest BCUT2D eigenvalue weighted by Crippen LogP contribution is 2.55. The molecule has 0 spiro atoms. The Balaban J connectivity index is 1.39. The first-order valence-electron chi connectivity index (χ1n) is 18.8. The summed E-state index contributed by atoms with van der Waals surface area (Å²) in [5.74, 6) is 0. The molecule has 10 aromatic carbocycles. The minimum absolute atomic E-state index is 1.17. The zero-order valence-corrected chi connectivity index (χ0v) is 29.2. The Bertz CT molecular complexity index is 3580. The van der Waals surface area contributed by atoms with E-state index in [4.69, 9.17) is 0 Å². The molecule has 13 rings (SSSR count). The van der Waals surface area contributed by atoms with Crippen LogP contribution in [-0.4, -0.2) is 9.13 Å². The molecule has 248 valence electrons. The van der Waals surface area contributed by atoms with Gasteiger partial charge in [-0.25, -0.2) is 0 Å². The minimum Gasteiger partial charge on any atom is -0.309 e. The van der Waals surface area contributed by atoms with E-state index < -0.39 is 0 Å². The van der Waals surface area contributed by atoms with Gasteiger partial charge < -0.3 is 9.13 Å². The van der Waals surface area contributed by atoms with E-state index in [0.29, 0.717) is 0 Å². The average molecular weight is 683 g/mol. The van der Waals surface area contributed by atoms with Gasteiger partial charge in [0.2, 0.25) is 0 Å². The third-order valence-corrected chi connectivity index (χ3v) is 12.1. The summed E-state index contributed by atoms with van der Waals surface area (Å²) in [5.41, 5.74) is 12.4. The van der Waals surface area contributed by atoms with Crippen LogP contribution >= 0.6 is 0 Å². The SMILES string of the molecule is c1ccc(-c2cc3c4c5c6c(ccc7c6c6c-3c3ccccc3cc6n7-c3cccc6ccccc36)c3ccccc3c5n(-c3ccccc3)c4c2)cc1. The normalized spacial score (nSPS) is 12.4. The molecule has 54 heavy (non-hydrogen) atoms. The van der Waals surface area contributed by atoms with Crippen LogP contribution in [0.5, 0.6) is 0 Å².